The molecule has 0 unspecified atom stereocenters. The molecule has 0 bridgehead atoms. The number of ether oxygens (including phenoxy) is 1. The Kier molecular flexibility index (Phi) is 6.53. The summed E-state index contributed by atoms with van der Waals surface area (Å²) in [6.45, 7) is 0.626. The molecule has 0 aliphatic rings. The van der Waals surface area contributed by atoms with Crippen LogP contribution in [0, 0.1) is 0 Å². The summed E-state index contributed by atoms with van der Waals surface area (Å²) in [6.07, 6.45) is 5.09. The van der Waals surface area contributed by atoms with E-state index in [9.17, 15) is 9.59 Å². The fourth-order valence-electron chi connectivity index (χ4n) is 1.56. The lowest BCUT2D eigenvalue weighted by atomic mass is 10.0. The normalized spacial score (nSPS) is 10.6. The highest BCUT2D eigenvalue weighted by molar-refractivity contribution is 5.97. The molecular formula is C15H19NO3. The monoisotopic (exact) mass is 261 g/mol. The van der Waals surface area contributed by atoms with Crippen LogP contribution in [0.4, 0.5) is 0 Å². The van der Waals surface area contributed by atoms with Crippen molar-refractivity contribution in [3.05, 3.63) is 41.5 Å². The van der Waals surface area contributed by atoms with E-state index in [1.807, 2.05) is 24.3 Å². The Hall–Kier alpha value is -1.94. The van der Waals surface area contributed by atoms with Gasteiger partial charge in [0, 0.05) is 12.0 Å². The summed E-state index contributed by atoms with van der Waals surface area (Å²) < 4.78 is 4.50. The zero-order valence-corrected chi connectivity index (χ0v) is 11.1. The average Bonchev–Trinajstić information content (AvgIpc) is 2.45. The second-order valence-electron chi connectivity index (χ2n) is 4.10. The summed E-state index contributed by atoms with van der Waals surface area (Å²) in [7, 11) is 1.31. The van der Waals surface area contributed by atoms with Gasteiger partial charge in [-0.1, -0.05) is 36.4 Å². The Morgan fingerprint density at radius 1 is 1.21 bits per heavy atom. The quantitative estimate of drug-likeness (QED) is 0.603. The van der Waals surface area contributed by atoms with E-state index in [-0.39, 0.29) is 24.6 Å². The molecule has 0 aromatic heterocycles. The van der Waals surface area contributed by atoms with Gasteiger partial charge in [0.2, 0.25) is 0 Å². The molecule has 102 valence electrons. The minimum absolute atomic E-state index is 0.0529. The molecule has 0 spiro atoms. The van der Waals surface area contributed by atoms with Gasteiger partial charge in [-0.05, 0) is 18.5 Å². The fraction of sp³-hybridized carbons (Fsp3) is 0.333. The van der Waals surface area contributed by atoms with Gasteiger partial charge in [0.05, 0.1) is 13.5 Å². The van der Waals surface area contributed by atoms with Gasteiger partial charge in [-0.3, -0.25) is 9.59 Å². The van der Waals surface area contributed by atoms with Crippen LogP contribution in [0.25, 0.3) is 6.08 Å². The number of carbonyl (C=O) groups excluding carboxylic acids is 2. The van der Waals surface area contributed by atoms with Crippen LogP contribution in [0.3, 0.4) is 0 Å². The second kappa shape index (κ2) is 8.21. The van der Waals surface area contributed by atoms with Crippen LogP contribution >= 0.6 is 0 Å². The van der Waals surface area contributed by atoms with E-state index in [4.69, 9.17) is 5.73 Å². The molecule has 0 heterocycles. The van der Waals surface area contributed by atoms with Crippen molar-refractivity contribution in [2.75, 3.05) is 13.7 Å². The van der Waals surface area contributed by atoms with E-state index < -0.39 is 0 Å². The Morgan fingerprint density at radius 2 is 1.89 bits per heavy atom. The number of carbonyl (C=O) groups is 2. The molecule has 4 nitrogen and oxygen atoms in total. The van der Waals surface area contributed by atoms with Crippen molar-refractivity contribution < 1.29 is 14.3 Å². The molecule has 1 aromatic rings. The van der Waals surface area contributed by atoms with Crippen molar-refractivity contribution >= 4 is 17.8 Å². The topological polar surface area (TPSA) is 69.4 Å². The van der Waals surface area contributed by atoms with Gasteiger partial charge in [-0.15, -0.1) is 0 Å². The number of nitrogens with two attached hydrogens (primary N) is 1. The number of hydrogen-bond donors (Lipinski definition) is 1. The first-order valence-corrected chi connectivity index (χ1v) is 6.24. The van der Waals surface area contributed by atoms with Gasteiger partial charge in [0.1, 0.15) is 0 Å². The summed E-state index contributed by atoms with van der Waals surface area (Å²) in [5.41, 5.74) is 7.03. The largest absolute Gasteiger partial charge is 0.469 e. The Morgan fingerprint density at radius 3 is 2.47 bits per heavy atom. The summed E-state index contributed by atoms with van der Waals surface area (Å²) in [5, 5.41) is 0. The van der Waals surface area contributed by atoms with Crippen LogP contribution in [0.15, 0.2) is 30.3 Å². The maximum absolute atomic E-state index is 11.8. The standard InChI is InChI=1S/C15H19NO3/c1-19-15(18)10-9-14(17)13-7-5-12(6-8-13)4-2-3-11-16/h2,4-8H,3,9-11,16H2,1H3. The number of ketones is 1. The predicted molar refractivity (Wildman–Crippen MR) is 74.7 cm³/mol. The first-order chi connectivity index (χ1) is 9.17. The number of Topliss-reactive ketones (excluding diaryl/α,β-unsaturated/α-hetero) is 1. The van der Waals surface area contributed by atoms with Crippen molar-refractivity contribution in [2.24, 2.45) is 5.73 Å². The van der Waals surface area contributed by atoms with Gasteiger partial charge < -0.3 is 10.5 Å². The van der Waals surface area contributed by atoms with Gasteiger partial charge >= 0.3 is 5.97 Å². The smallest absolute Gasteiger partial charge is 0.305 e. The Bertz CT molecular complexity index is 449. The number of benzene rings is 1. The number of esters is 1. The maximum Gasteiger partial charge on any atom is 0.305 e. The zero-order valence-electron chi connectivity index (χ0n) is 11.1. The third-order valence-electron chi connectivity index (χ3n) is 2.66. The summed E-state index contributed by atoms with van der Waals surface area (Å²) >= 11 is 0. The van der Waals surface area contributed by atoms with Crippen LogP contribution in [-0.2, 0) is 9.53 Å². The van der Waals surface area contributed by atoms with Crippen LogP contribution in [0.2, 0.25) is 0 Å². The molecule has 0 radical (unpaired) electrons. The SMILES string of the molecule is COC(=O)CCC(=O)c1ccc(C=CCCN)cc1. The summed E-state index contributed by atoms with van der Waals surface area (Å²) in [6, 6.07) is 7.28. The molecule has 0 aliphatic carbocycles. The minimum Gasteiger partial charge on any atom is -0.469 e. The molecule has 0 atom stereocenters. The van der Waals surface area contributed by atoms with E-state index >= 15 is 0 Å². The fourth-order valence-corrected chi connectivity index (χ4v) is 1.56. The maximum atomic E-state index is 11.8. The van der Waals surface area contributed by atoms with Gasteiger partial charge in [-0.2, -0.15) is 0 Å². The highest BCUT2D eigenvalue weighted by Crippen LogP contribution is 2.10. The molecule has 0 saturated heterocycles. The molecule has 4 heteroatoms. The Balaban J connectivity index is 2.55. The van der Waals surface area contributed by atoms with Crippen molar-refractivity contribution in [3.8, 4) is 0 Å². The lowest BCUT2D eigenvalue weighted by molar-refractivity contribution is -0.140. The first-order valence-electron chi connectivity index (χ1n) is 6.24. The molecular weight excluding hydrogens is 242 g/mol. The van der Waals surface area contributed by atoms with Crippen molar-refractivity contribution in [3.63, 3.8) is 0 Å². The van der Waals surface area contributed by atoms with Crippen LogP contribution in [0.5, 0.6) is 0 Å². The minimum atomic E-state index is -0.366. The highest BCUT2D eigenvalue weighted by Gasteiger charge is 2.08. The molecule has 0 saturated carbocycles. The number of hydrogen-bond acceptors (Lipinski definition) is 4. The zero-order chi connectivity index (χ0) is 14.1. The lowest BCUT2D eigenvalue weighted by Crippen LogP contribution is -2.05. The molecule has 0 fully saturated rings. The summed E-state index contributed by atoms with van der Waals surface area (Å²) in [4.78, 5) is 22.7. The van der Waals surface area contributed by atoms with Gasteiger partial charge in [-0.25, -0.2) is 0 Å². The van der Waals surface area contributed by atoms with E-state index in [1.165, 1.54) is 7.11 Å². The van der Waals surface area contributed by atoms with Crippen LogP contribution in [0.1, 0.15) is 35.2 Å². The first kappa shape index (κ1) is 15.1. The third-order valence-corrected chi connectivity index (χ3v) is 2.66. The van der Waals surface area contributed by atoms with E-state index in [0.717, 1.165) is 12.0 Å². The van der Waals surface area contributed by atoms with Crippen LogP contribution < -0.4 is 5.73 Å². The lowest BCUT2D eigenvalue weighted by Gasteiger charge is -2.01. The van der Waals surface area contributed by atoms with Gasteiger partial charge in [0.25, 0.3) is 0 Å². The molecule has 0 aliphatic heterocycles. The molecule has 1 aromatic carbocycles. The molecule has 1 rings (SSSR count). The average molecular weight is 261 g/mol. The van der Waals surface area contributed by atoms with Crippen LogP contribution in [-0.4, -0.2) is 25.4 Å². The Labute approximate surface area is 113 Å². The second-order valence-corrected chi connectivity index (χ2v) is 4.10. The van der Waals surface area contributed by atoms with Crippen molar-refractivity contribution in [1.82, 2.24) is 0 Å². The van der Waals surface area contributed by atoms with E-state index in [0.29, 0.717) is 12.1 Å². The summed E-state index contributed by atoms with van der Waals surface area (Å²) in [5.74, 6) is -0.419. The number of rotatable bonds is 7. The third kappa shape index (κ3) is 5.48. The van der Waals surface area contributed by atoms with Crippen molar-refractivity contribution in [1.29, 1.82) is 0 Å². The van der Waals surface area contributed by atoms with E-state index in [1.54, 1.807) is 12.1 Å². The highest BCUT2D eigenvalue weighted by atomic mass is 16.5. The van der Waals surface area contributed by atoms with Gasteiger partial charge in [0.15, 0.2) is 5.78 Å². The molecule has 0 amide bonds. The van der Waals surface area contributed by atoms with E-state index in [2.05, 4.69) is 4.74 Å². The van der Waals surface area contributed by atoms with Crippen molar-refractivity contribution in [2.45, 2.75) is 19.3 Å². The molecule has 2 N–H and O–H groups in total. The predicted octanol–water partition coefficient (Wildman–Crippen LogP) is 2.18. The molecule has 19 heavy (non-hydrogen) atoms. The number of methoxy groups -OCH3 is 1.